The second-order valence-electron chi connectivity index (χ2n) is 9.35. The zero-order chi connectivity index (χ0) is 21.3. The largest absolute Gasteiger partial charge is 0.353 e. The Labute approximate surface area is 178 Å². The second-order valence-corrected chi connectivity index (χ2v) is 9.35. The van der Waals surface area contributed by atoms with Crippen LogP contribution in [0.15, 0.2) is 24.3 Å². The molecule has 2 N–H and O–H groups in total. The van der Waals surface area contributed by atoms with Crippen LogP contribution in [0.4, 0.5) is 5.69 Å². The molecule has 0 aromatic heterocycles. The van der Waals surface area contributed by atoms with E-state index in [2.05, 4.69) is 17.6 Å². The number of carbonyl (C=O) groups is 3. The lowest BCUT2D eigenvalue weighted by Gasteiger charge is -2.44. The average Bonchev–Trinajstić information content (AvgIpc) is 3.10. The molecule has 30 heavy (non-hydrogen) atoms. The molecular formula is C24H33N3O3. The summed E-state index contributed by atoms with van der Waals surface area (Å²) in [6.45, 7) is 4.62. The molecular weight excluding hydrogens is 378 g/mol. The van der Waals surface area contributed by atoms with E-state index >= 15 is 0 Å². The number of anilines is 1. The summed E-state index contributed by atoms with van der Waals surface area (Å²) in [4.78, 5) is 39.2. The van der Waals surface area contributed by atoms with Crippen LogP contribution in [0.1, 0.15) is 57.4 Å². The Morgan fingerprint density at radius 3 is 2.67 bits per heavy atom. The minimum atomic E-state index is -0.315. The maximum Gasteiger partial charge on any atom is 0.227 e. The third kappa shape index (κ3) is 4.37. The Balaban J connectivity index is 1.34. The summed E-state index contributed by atoms with van der Waals surface area (Å²) in [5.41, 5.74) is 2.00. The van der Waals surface area contributed by atoms with E-state index in [1.54, 1.807) is 4.90 Å². The quantitative estimate of drug-likeness (QED) is 0.782. The Morgan fingerprint density at radius 2 is 1.93 bits per heavy atom. The molecule has 5 unspecified atom stereocenters. The number of hydrogen-bond donors (Lipinski definition) is 2. The number of aryl methyl sites for hydroxylation is 1. The number of amides is 3. The van der Waals surface area contributed by atoms with E-state index in [-0.39, 0.29) is 42.1 Å². The van der Waals surface area contributed by atoms with Gasteiger partial charge in [0.15, 0.2) is 0 Å². The van der Waals surface area contributed by atoms with Gasteiger partial charge in [0.2, 0.25) is 17.7 Å². The highest BCUT2D eigenvalue weighted by atomic mass is 16.2. The lowest BCUT2D eigenvalue weighted by molar-refractivity contribution is -0.128. The van der Waals surface area contributed by atoms with Crippen molar-refractivity contribution in [3.63, 3.8) is 0 Å². The lowest BCUT2D eigenvalue weighted by Crippen LogP contribution is -2.55. The molecule has 0 radical (unpaired) electrons. The SMILES string of the molecule is CCCC1CC(=O)NC2CC(NC(=O)C3CC(=O)N(c4ccc(C)cc4)C3)CCC12. The Morgan fingerprint density at radius 1 is 1.17 bits per heavy atom. The molecule has 0 spiro atoms. The van der Waals surface area contributed by atoms with Crippen LogP contribution < -0.4 is 15.5 Å². The molecule has 0 bridgehead atoms. The van der Waals surface area contributed by atoms with Crippen LogP contribution in [0.25, 0.3) is 0 Å². The summed E-state index contributed by atoms with van der Waals surface area (Å²) in [6.07, 6.45) is 5.90. The molecule has 6 nitrogen and oxygen atoms in total. The Hall–Kier alpha value is -2.37. The van der Waals surface area contributed by atoms with Crippen molar-refractivity contribution in [3.05, 3.63) is 29.8 Å². The standard InChI is InChI=1S/C24H33N3O3/c1-3-4-16-11-22(28)26-21-13-18(7-10-20(16)21)25-24(30)17-12-23(29)27(14-17)19-8-5-15(2)6-9-19/h5-6,8-9,16-18,20-21H,3-4,7,10-14H2,1-2H3,(H,25,30)(H,26,28). The third-order valence-corrected chi connectivity index (χ3v) is 7.15. The highest BCUT2D eigenvalue weighted by molar-refractivity contribution is 6.00. The van der Waals surface area contributed by atoms with E-state index < -0.39 is 0 Å². The minimum absolute atomic E-state index is 0.00432. The van der Waals surface area contributed by atoms with Crippen molar-refractivity contribution in [3.8, 4) is 0 Å². The molecule has 2 saturated heterocycles. The number of hydrogen-bond acceptors (Lipinski definition) is 3. The van der Waals surface area contributed by atoms with Gasteiger partial charge in [-0.2, -0.15) is 0 Å². The van der Waals surface area contributed by atoms with Crippen molar-refractivity contribution < 1.29 is 14.4 Å². The smallest absolute Gasteiger partial charge is 0.227 e. The van der Waals surface area contributed by atoms with Crippen LogP contribution in [0, 0.1) is 24.7 Å². The van der Waals surface area contributed by atoms with E-state index in [0.29, 0.717) is 24.8 Å². The molecule has 2 aliphatic heterocycles. The van der Waals surface area contributed by atoms with Gasteiger partial charge in [0.1, 0.15) is 0 Å². The molecule has 162 valence electrons. The fourth-order valence-corrected chi connectivity index (χ4v) is 5.57. The predicted octanol–water partition coefficient (Wildman–Crippen LogP) is 2.94. The first-order valence-electron chi connectivity index (χ1n) is 11.4. The van der Waals surface area contributed by atoms with Gasteiger partial charge in [0.25, 0.3) is 0 Å². The van der Waals surface area contributed by atoms with Crippen molar-refractivity contribution in [1.29, 1.82) is 0 Å². The fourth-order valence-electron chi connectivity index (χ4n) is 5.57. The molecule has 1 aromatic rings. The molecule has 1 aliphatic carbocycles. The first-order chi connectivity index (χ1) is 14.4. The van der Waals surface area contributed by atoms with Crippen molar-refractivity contribution in [2.24, 2.45) is 17.8 Å². The number of nitrogens with one attached hydrogen (secondary N) is 2. The van der Waals surface area contributed by atoms with Crippen LogP contribution in [-0.4, -0.2) is 36.3 Å². The van der Waals surface area contributed by atoms with Crippen molar-refractivity contribution in [2.75, 3.05) is 11.4 Å². The summed E-state index contributed by atoms with van der Waals surface area (Å²) < 4.78 is 0. The van der Waals surface area contributed by atoms with Crippen LogP contribution in [0.2, 0.25) is 0 Å². The highest BCUT2D eigenvalue weighted by Gasteiger charge is 2.41. The second kappa shape index (κ2) is 8.78. The van der Waals surface area contributed by atoms with Gasteiger partial charge in [-0.25, -0.2) is 0 Å². The van der Waals surface area contributed by atoms with Crippen LogP contribution in [-0.2, 0) is 14.4 Å². The van der Waals surface area contributed by atoms with Gasteiger partial charge in [0, 0.05) is 37.2 Å². The van der Waals surface area contributed by atoms with Gasteiger partial charge in [-0.1, -0.05) is 31.0 Å². The van der Waals surface area contributed by atoms with E-state index in [1.165, 1.54) is 0 Å². The maximum absolute atomic E-state index is 12.9. The molecule has 1 saturated carbocycles. The third-order valence-electron chi connectivity index (χ3n) is 7.15. The number of benzene rings is 1. The number of rotatable bonds is 5. The highest BCUT2D eigenvalue weighted by Crippen LogP contribution is 2.38. The van der Waals surface area contributed by atoms with Crippen LogP contribution in [0.5, 0.6) is 0 Å². The molecule has 6 heteroatoms. The van der Waals surface area contributed by atoms with Crippen molar-refractivity contribution in [2.45, 2.75) is 70.9 Å². The molecule has 3 amide bonds. The normalized spacial score (nSPS) is 31.3. The molecule has 4 rings (SSSR count). The molecule has 5 atom stereocenters. The van der Waals surface area contributed by atoms with Gasteiger partial charge in [-0.3, -0.25) is 14.4 Å². The zero-order valence-corrected chi connectivity index (χ0v) is 18.0. The Kier molecular flexibility index (Phi) is 6.11. The zero-order valence-electron chi connectivity index (χ0n) is 18.0. The monoisotopic (exact) mass is 411 g/mol. The molecule has 3 aliphatic rings. The number of fused-ring (bicyclic) bond motifs is 1. The van der Waals surface area contributed by atoms with Gasteiger partial charge in [-0.15, -0.1) is 0 Å². The minimum Gasteiger partial charge on any atom is -0.353 e. The van der Waals surface area contributed by atoms with Gasteiger partial charge in [-0.05, 0) is 56.6 Å². The predicted molar refractivity (Wildman–Crippen MR) is 116 cm³/mol. The van der Waals surface area contributed by atoms with E-state index in [1.807, 2.05) is 31.2 Å². The first-order valence-corrected chi connectivity index (χ1v) is 11.4. The van der Waals surface area contributed by atoms with E-state index in [4.69, 9.17) is 0 Å². The lowest BCUT2D eigenvalue weighted by atomic mass is 9.70. The summed E-state index contributed by atoms with van der Waals surface area (Å²) in [7, 11) is 0. The molecule has 3 fully saturated rings. The molecule has 2 heterocycles. The Bertz CT molecular complexity index is 806. The maximum atomic E-state index is 12.9. The first kappa shape index (κ1) is 20.9. The van der Waals surface area contributed by atoms with Crippen molar-refractivity contribution in [1.82, 2.24) is 10.6 Å². The summed E-state index contributed by atoms with van der Waals surface area (Å²) in [5, 5.41) is 6.36. The van der Waals surface area contributed by atoms with Crippen LogP contribution in [0.3, 0.4) is 0 Å². The van der Waals surface area contributed by atoms with Gasteiger partial charge >= 0.3 is 0 Å². The van der Waals surface area contributed by atoms with Gasteiger partial charge < -0.3 is 15.5 Å². The molecule has 1 aromatic carbocycles. The average molecular weight is 412 g/mol. The number of carbonyl (C=O) groups excluding carboxylic acids is 3. The topological polar surface area (TPSA) is 78.5 Å². The van der Waals surface area contributed by atoms with Crippen molar-refractivity contribution >= 4 is 23.4 Å². The number of piperidine rings is 1. The summed E-state index contributed by atoms with van der Waals surface area (Å²) >= 11 is 0. The summed E-state index contributed by atoms with van der Waals surface area (Å²) in [6, 6.07) is 8.08. The van der Waals surface area contributed by atoms with E-state index in [9.17, 15) is 14.4 Å². The van der Waals surface area contributed by atoms with Gasteiger partial charge in [0.05, 0.1) is 5.92 Å². The van der Waals surface area contributed by atoms with Crippen LogP contribution >= 0.6 is 0 Å². The number of nitrogens with zero attached hydrogens (tertiary/aromatic N) is 1. The summed E-state index contributed by atoms with van der Waals surface area (Å²) in [5.74, 6) is 0.808. The fraction of sp³-hybridized carbons (Fsp3) is 0.625. The van der Waals surface area contributed by atoms with E-state index in [0.717, 1.165) is 43.4 Å².